The van der Waals surface area contributed by atoms with Crippen molar-refractivity contribution >= 4 is 41.5 Å². The average molecular weight is 376 g/mol. The highest BCUT2D eigenvalue weighted by atomic mass is 35.5. The third-order valence-corrected chi connectivity index (χ3v) is 3.99. The molecule has 1 heterocycles. The largest absolute Gasteiger partial charge is 0.495 e. The van der Waals surface area contributed by atoms with E-state index < -0.39 is 0 Å². The lowest BCUT2D eigenvalue weighted by Crippen LogP contribution is -2.41. The van der Waals surface area contributed by atoms with Crippen molar-refractivity contribution in [1.82, 2.24) is 10.6 Å². The summed E-state index contributed by atoms with van der Waals surface area (Å²) in [5.41, 5.74) is 0.521. The summed E-state index contributed by atoms with van der Waals surface area (Å²) >= 11 is 5.92. The Kier molecular flexibility index (Phi) is 8.89. The van der Waals surface area contributed by atoms with Crippen molar-refractivity contribution in [2.24, 2.45) is 5.92 Å². The standard InChI is InChI=1S/C16H22ClN3O3.ClH/c1-23-14-5-4-12(17)9-13(14)20-15(21)6-8-19-16(22)11-3-2-7-18-10-11;/h4-5,9,11,18H,2-3,6-8,10H2,1H3,(H,19,22)(H,20,21);1H. The zero-order valence-electron chi connectivity index (χ0n) is 13.6. The first-order chi connectivity index (χ1) is 11.1. The maximum absolute atomic E-state index is 12.0. The van der Waals surface area contributed by atoms with Crippen molar-refractivity contribution in [3.63, 3.8) is 0 Å². The van der Waals surface area contributed by atoms with Crippen LogP contribution in [0.2, 0.25) is 5.02 Å². The van der Waals surface area contributed by atoms with Gasteiger partial charge in [-0.2, -0.15) is 0 Å². The number of carbonyl (C=O) groups excluding carboxylic acids is 2. The molecule has 1 aromatic rings. The minimum absolute atomic E-state index is 0. The van der Waals surface area contributed by atoms with Crippen LogP contribution in [0.5, 0.6) is 5.75 Å². The summed E-state index contributed by atoms with van der Waals surface area (Å²) in [6.45, 7) is 1.98. The van der Waals surface area contributed by atoms with Crippen molar-refractivity contribution < 1.29 is 14.3 Å². The monoisotopic (exact) mass is 375 g/mol. The molecule has 1 saturated heterocycles. The SMILES string of the molecule is COc1ccc(Cl)cc1NC(=O)CCNC(=O)C1CCCNC1.Cl. The number of hydrogen-bond acceptors (Lipinski definition) is 4. The van der Waals surface area contributed by atoms with Gasteiger partial charge < -0.3 is 20.7 Å². The first kappa shape index (κ1) is 20.5. The predicted molar refractivity (Wildman–Crippen MR) is 97.1 cm³/mol. The molecule has 1 unspecified atom stereocenters. The Labute approximate surface area is 153 Å². The van der Waals surface area contributed by atoms with Crippen molar-refractivity contribution in [1.29, 1.82) is 0 Å². The Morgan fingerprint density at radius 1 is 1.42 bits per heavy atom. The van der Waals surface area contributed by atoms with Gasteiger partial charge in [-0.3, -0.25) is 9.59 Å². The summed E-state index contributed by atoms with van der Waals surface area (Å²) in [5.74, 6) is 0.345. The third kappa shape index (κ3) is 6.19. The van der Waals surface area contributed by atoms with E-state index in [1.54, 1.807) is 18.2 Å². The lowest BCUT2D eigenvalue weighted by molar-refractivity contribution is -0.125. The molecule has 1 aliphatic heterocycles. The van der Waals surface area contributed by atoms with Gasteiger partial charge >= 0.3 is 0 Å². The molecule has 0 saturated carbocycles. The van der Waals surface area contributed by atoms with E-state index in [1.165, 1.54) is 7.11 Å². The quantitative estimate of drug-likeness (QED) is 0.711. The second-order valence-electron chi connectivity index (χ2n) is 5.48. The van der Waals surface area contributed by atoms with Crippen LogP contribution < -0.4 is 20.7 Å². The molecule has 2 rings (SSSR count). The van der Waals surface area contributed by atoms with Crippen LogP contribution in [0.15, 0.2) is 18.2 Å². The zero-order chi connectivity index (χ0) is 16.7. The molecule has 2 amide bonds. The van der Waals surface area contributed by atoms with Gasteiger partial charge in [0.2, 0.25) is 11.8 Å². The van der Waals surface area contributed by atoms with Gasteiger partial charge in [0.05, 0.1) is 18.7 Å². The third-order valence-electron chi connectivity index (χ3n) is 3.75. The number of rotatable bonds is 6. The molecule has 0 spiro atoms. The molecule has 0 bridgehead atoms. The van der Waals surface area contributed by atoms with Crippen LogP contribution in [0.1, 0.15) is 19.3 Å². The first-order valence-corrected chi connectivity index (χ1v) is 8.09. The fourth-order valence-electron chi connectivity index (χ4n) is 2.51. The lowest BCUT2D eigenvalue weighted by Gasteiger charge is -2.21. The van der Waals surface area contributed by atoms with Crippen molar-refractivity contribution in [2.75, 3.05) is 32.1 Å². The minimum atomic E-state index is -0.201. The molecule has 0 radical (unpaired) electrons. The number of ether oxygens (including phenoxy) is 1. The molecule has 1 aliphatic rings. The molecular formula is C16H23Cl2N3O3. The van der Waals surface area contributed by atoms with E-state index in [2.05, 4.69) is 16.0 Å². The van der Waals surface area contributed by atoms with Gasteiger partial charge in [0.1, 0.15) is 5.75 Å². The van der Waals surface area contributed by atoms with Crippen LogP contribution in [0.4, 0.5) is 5.69 Å². The topological polar surface area (TPSA) is 79.5 Å². The van der Waals surface area contributed by atoms with Gasteiger partial charge in [-0.15, -0.1) is 12.4 Å². The minimum Gasteiger partial charge on any atom is -0.495 e. The molecule has 3 N–H and O–H groups in total. The average Bonchev–Trinajstić information content (AvgIpc) is 2.56. The summed E-state index contributed by atoms with van der Waals surface area (Å²) in [7, 11) is 1.53. The highest BCUT2D eigenvalue weighted by molar-refractivity contribution is 6.31. The van der Waals surface area contributed by atoms with Crippen LogP contribution in [0, 0.1) is 5.92 Å². The molecule has 0 aromatic heterocycles. The summed E-state index contributed by atoms with van der Waals surface area (Å²) < 4.78 is 5.17. The van der Waals surface area contributed by atoms with Crippen LogP contribution in [0.3, 0.4) is 0 Å². The number of halogens is 2. The number of amides is 2. The van der Waals surface area contributed by atoms with E-state index in [1.807, 2.05) is 0 Å². The van der Waals surface area contributed by atoms with Crippen LogP contribution in [0.25, 0.3) is 0 Å². The highest BCUT2D eigenvalue weighted by Crippen LogP contribution is 2.27. The number of anilines is 1. The number of carbonyl (C=O) groups is 2. The molecule has 0 aliphatic carbocycles. The first-order valence-electron chi connectivity index (χ1n) is 7.72. The molecule has 8 heteroatoms. The normalized spacial score (nSPS) is 16.7. The molecule has 1 atom stereocenters. The summed E-state index contributed by atoms with van der Waals surface area (Å²) in [6, 6.07) is 5.01. The Hall–Kier alpha value is -1.50. The Bertz CT molecular complexity index is 563. The van der Waals surface area contributed by atoms with E-state index in [9.17, 15) is 9.59 Å². The smallest absolute Gasteiger partial charge is 0.226 e. The number of benzene rings is 1. The van der Waals surface area contributed by atoms with Gasteiger partial charge in [0.15, 0.2) is 0 Å². The number of methoxy groups -OCH3 is 1. The van der Waals surface area contributed by atoms with Gasteiger partial charge in [0.25, 0.3) is 0 Å². The number of hydrogen-bond donors (Lipinski definition) is 3. The van der Waals surface area contributed by atoms with E-state index in [0.717, 1.165) is 19.4 Å². The van der Waals surface area contributed by atoms with Crippen LogP contribution in [-0.4, -0.2) is 38.6 Å². The Morgan fingerprint density at radius 3 is 2.88 bits per heavy atom. The predicted octanol–water partition coefficient (Wildman–Crippen LogP) is 2.21. The number of nitrogens with one attached hydrogen (secondary N) is 3. The maximum atomic E-state index is 12.0. The van der Waals surface area contributed by atoms with Crippen LogP contribution in [-0.2, 0) is 9.59 Å². The number of piperidine rings is 1. The van der Waals surface area contributed by atoms with Crippen LogP contribution >= 0.6 is 24.0 Å². The molecule has 1 fully saturated rings. The Balaban J connectivity index is 0.00000288. The molecule has 1 aromatic carbocycles. The van der Waals surface area contributed by atoms with Crippen molar-refractivity contribution in [2.45, 2.75) is 19.3 Å². The second kappa shape index (κ2) is 10.4. The Morgan fingerprint density at radius 2 is 2.21 bits per heavy atom. The molecule has 6 nitrogen and oxygen atoms in total. The second-order valence-corrected chi connectivity index (χ2v) is 5.91. The molecule has 24 heavy (non-hydrogen) atoms. The zero-order valence-corrected chi connectivity index (χ0v) is 15.1. The van der Waals surface area contributed by atoms with Crippen molar-refractivity contribution in [3.05, 3.63) is 23.2 Å². The summed E-state index contributed by atoms with van der Waals surface area (Å²) in [6.07, 6.45) is 2.10. The summed E-state index contributed by atoms with van der Waals surface area (Å²) in [4.78, 5) is 23.9. The molecular weight excluding hydrogens is 353 g/mol. The molecule has 134 valence electrons. The fraction of sp³-hybridized carbons (Fsp3) is 0.500. The fourth-order valence-corrected chi connectivity index (χ4v) is 2.68. The van der Waals surface area contributed by atoms with E-state index in [-0.39, 0.29) is 36.6 Å². The highest BCUT2D eigenvalue weighted by Gasteiger charge is 2.20. The maximum Gasteiger partial charge on any atom is 0.226 e. The lowest BCUT2D eigenvalue weighted by atomic mass is 9.99. The van der Waals surface area contributed by atoms with Gasteiger partial charge in [-0.1, -0.05) is 11.6 Å². The van der Waals surface area contributed by atoms with E-state index in [0.29, 0.717) is 29.5 Å². The van der Waals surface area contributed by atoms with Gasteiger partial charge in [0, 0.05) is 24.5 Å². The van der Waals surface area contributed by atoms with E-state index in [4.69, 9.17) is 16.3 Å². The summed E-state index contributed by atoms with van der Waals surface area (Å²) in [5, 5.41) is 9.27. The van der Waals surface area contributed by atoms with Gasteiger partial charge in [-0.05, 0) is 37.6 Å². The van der Waals surface area contributed by atoms with Gasteiger partial charge in [-0.25, -0.2) is 0 Å². The van der Waals surface area contributed by atoms with E-state index >= 15 is 0 Å². The van der Waals surface area contributed by atoms with Crippen molar-refractivity contribution in [3.8, 4) is 5.75 Å².